The zero-order valence-electron chi connectivity index (χ0n) is 13.6. The van der Waals surface area contributed by atoms with Crippen LogP contribution in [0.25, 0.3) is 0 Å². The van der Waals surface area contributed by atoms with Crippen molar-refractivity contribution in [3.05, 3.63) is 23.4 Å². The first-order valence-corrected chi connectivity index (χ1v) is 8.75. The number of aryl methyl sites for hydroxylation is 2. The Bertz CT molecular complexity index is 464. The molecule has 1 aliphatic carbocycles. The number of pyridine rings is 1. The number of hydrogen-bond acceptors (Lipinski definition) is 3. The van der Waals surface area contributed by atoms with Gasteiger partial charge in [0.15, 0.2) is 0 Å². The van der Waals surface area contributed by atoms with Crippen LogP contribution in [0, 0.1) is 5.92 Å². The molecule has 0 spiro atoms. The molecule has 21 heavy (non-hydrogen) atoms. The fraction of sp³-hybridized carbons (Fsp3) is 0.722. The second-order valence-electron chi connectivity index (χ2n) is 6.70. The molecule has 1 saturated heterocycles. The number of nitrogens with one attached hydrogen (secondary N) is 1. The first-order valence-electron chi connectivity index (χ1n) is 8.75. The summed E-state index contributed by atoms with van der Waals surface area (Å²) in [7, 11) is 0. The van der Waals surface area contributed by atoms with Crippen molar-refractivity contribution in [2.45, 2.75) is 58.4 Å². The van der Waals surface area contributed by atoms with Crippen LogP contribution in [0.1, 0.15) is 50.8 Å². The lowest BCUT2D eigenvalue weighted by molar-refractivity contribution is 0.311. The molecule has 1 aromatic rings. The van der Waals surface area contributed by atoms with E-state index in [2.05, 4.69) is 36.2 Å². The lowest BCUT2D eigenvalue weighted by atomic mass is 9.90. The Balaban J connectivity index is 1.56. The minimum atomic E-state index is 0.653. The Labute approximate surface area is 129 Å². The van der Waals surface area contributed by atoms with Crippen LogP contribution in [0.4, 0.5) is 5.82 Å². The first kappa shape index (κ1) is 14.8. The van der Waals surface area contributed by atoms with Gasteiger partial charge in [0, 0.05) is 24.8 Å². The van der Waals surface area contributed by atoms with Gasteiger partial charge in [0.2, 0.25) is 0 Å². The summed E-state index contributed by atoms with van der Waals surface area (Å²) in [4.78, 5) is 7.39. The molecule has 2 heterocycles. The number of nitrogens with zero attached hydrogens (tertiary/aromatic N) is 2. The highest BCUT2D eigenvalue weighted by Gasteiger charge is 2.24. The summed E-state index contributed by atoms with van der Waals surface area (Å²) >= 11 is 0. The Morgan fingerprint density at radius 1 is 1.29 bits per heavy atom. The van der Waals surface area contributed by atoms with E-state index in [1.165, 1.54) is 55.6 Å². The number of hydrogen-bond donors (Lipinski definition) is 1. The van der Waals surface area contributed by atoms with Gasteiger partial charge >= 0.3 is 0 Å². The predicted octanol–water partition coefficient (Wildman–Crippen LogP) is 3.17. The average Bonchev–Trinajstić information content (AvgIpc) is 3.00. The smallest absolute Gasteiger partial charge is 0.128 e. The van der Waals surface area contributed by atoms with E-state index in [0.29, 0.717) is 6.04 Å². The first-order chi connectivity index (χ1) is 10.3. The molecule has 3 heteroatoms. The summed E-state index contributed by atoms with van der Waals surface area (Å²) < 4.78 is 0. The summed E-state index contributed by atoms with van der Waals surface area (Å²) in [5.74, 6) is 2.03. The Morgan fingerprint density at radius 2 is 2.10 bits per heavy atom. The molecule has 0 saturated carbocycles. The van der Waals surface area contributed by atoms with E-state index in [4.69, 9.17) is 4.98 Å². The maximum atomic E-state index is 4.91. The van der Waals surface area contributed by atoms with Crippen molar-refractivity contribution >= 4 is 5.82 Å². The maximum absolute atomic E-state index is 4.91. The molecular weight excluding hydrogens is 258 g/mol. The molecule has 3 rings (SSSR count). The fourth-order valence-electron chi connectivity index (χ4n) is 3.75. The van der Waals surface area contributed by atoms with Crippen molar-refractivity contribution in [1.29, 1.82) is 0 Å². The lowest BCUT2D eigenvalue weighted by Gasteiger charge is -2.36. The van der Waals surface area contributed by atoms with Gasteiger partial charge < -0.3 is 10.2 Å². The largest absolute Gasteiger partial charge is 0.357 e. The van der Waals surface area contributed by atoms with Gasteiger partial charge in [0.25, 0.3) is 0 Å². The molecule has 0 aromatic carbocycles. The van der Waals surface area contributed by atoms with Crippen LogP contribution in [0.3, 0.4) is 0 Å². The topological polar surface area (TPSA) is 28.2 Å². The highest BCUT2D eigenvalue weighted by atomic mass is 15.2. The van der Waals surface area contributed by atoms with Gasteiger partial charge in [-0.3, -0.25) is 0 Å². The molecule has 0 amide bonds. The molecule has 1 aromatic heterocycles. The molecule has 0 bridgehead atoms. The monoisotopic (exact) mass is 287 g/mol. The summed E-state index contributed by atoms with van der Waals surface area (Å²) in [5, 5.41) is 3.66. The molecule has 1 aliphatic heterocycles. The highest BCUT2D eigenvalue weighted by Crippen LogP contribution is 2.27. The van der Waals surface area contributed by atoms with E-state index in [-0.39, 0.29) is 0 Å². The van der Waals surface area contributed by atoms with Crippen LogP contribution in [-0.4, -0.2) is 30.7 Å². The minimum Gasteiger partial charge on any atom is -0.357 e. The van der Waals surface area contributed by atoms with Crippen LogP contribution < -0.4 is 10.2 Å². The lowest BCUT2D eigenvalue weighted by Crippen LogP contribution is -2.42. The third-order valence-corrected chi connectivity index (χ3v) is 5.20. The summed E-state index contributed by atoms with van der Waals surface area (Å²) in [6, 6.07) is 5.20. The van der Waals surface area contributed by atoms with Crippen molar-refractivity contribution in [2.75, 3.05) is 24.5 Å². The zero-order chi connectivity index (χ0) is 14.7. The summed E-state index contributed by atoms with van der Waals surface area (Å²) in [6.07, 6.45) is 7.49. The van der Waals surface area contributed by atoms with Gasteiger partial charge in [0.1, 0.15) is 5.82 Å². The second-order valence-corrected chi connectivity index (χ2v) is 6.70. The van der Waals surface area contributed by atoms with Crippen molar-refractivity contribution in [2.24, 2.45) is 5.92 Å². The number of piperidine rings is 1. The third kappa shape index (κ3) is 3.39. The van der Waals surface area contributed by atoms with E-state index in [9.17, 15) is 0 Å². The highest BCUT2D eigenvalue weighted by molar-refractivity contribution is 5.43. The molecule has 1 unspecified atom stereocenters. The number of rotatable bonds is 5. The van der Waals surface area contributed by atoms with Crippen LogP contribution >= 0.6 is 0 Å². The normalized spacial score (nSPS) is 20.6. The molecule has 116 valence electrons. The Morgan fingerprint density at radius 3 is 2.86 bits per heavy atom. The van der Waals surface area contributed by atoms with Crippen LogP contribution in [0.2, 0.25) is 0 Å². The predicted molar refractivity (Wildman–Crippen MR) is 89.0 cm³/mol. The minimum absolute atomic E-state index is 0.653. The number of anilines is 1. The number of fused-ring (bicyclic) bond motifs is 1. The van der Waals surface area contributed by atoms with Crippen molar-refractivity contribution in [1.82, 2.24) is 10.3 Å². The molecular formula is C18H29N3. The van der Waals surface area contributed by atoms with E-state index in [1.807, 2.05) is 0 Å². The average molecular weight is 287 g/mol. The van der Waals surface area contributed by atoms with Gasteiger partial charge in [-0.1, -0.05) is 13.0 Å². The van der Waals surface area contributed by atoms with Gasteiger partial charge in [-0.2, -0.15) is 0 Å². The van der Waals surface area contributed by atoms with Crippen LogP contribution in [0.5, 0.6) is 0 Å². The van der Waals surface area contributed by atoms with Gasteiger partial charge in [-0.05, 0) is 69.5 Å². The van der Waals surface area contributed by atoms with E-state index < -0.39 is 0 Å². The maximum Gasteiger partial charge on any atom is 0.128 e. The third-order valence-electron chi connectivity index (χ3n) is 5.20. The Kier molecular flexibility index (Phi) is 4.79. The molecule has 0 radical (unpaired) electrons. The fourth-order valence-corrected chi connectivity index (χ4v) is 3.75. The van der Waals surface area contributed by atoms with Gasteiger partial charge in [0.05, 0.1) is 0 Å². The quantitative estimate of drug-likeness (QED) is 0.901. The molecule has 3 nitrogen and oxygen atoms in total. The standard InChI is InChI=1S/C18H29N3/c1-3-11-19-14(2)15-9-12-21(13-10-15)18-8-7-16-5-4-6-17(16)20-18/h7-8,14-15,19H,3-6,9-13H2,1-2H3. The molecule has 1 fully saturated rings. The SMILES string of the molecule is CCCNC(C)C1CCN(c2ccc3c(n2)CCC3)CC1. The second kappa shape index (κ2) is 6.78. The van der Waals surface area contributed by atoms with E-state index >= 15 is 0 Å². The summed E-state index contributed by atoms with van der Waals surface area (Å²) in [6.45, 7) is 8.06. The van der Waals surface area contributed by atoms with E-state index in [0.717, 1.165) is 25.6 Å². The summed E-state index contributed by atoms with van der Waals surface area (Å²) in [5.41, 5.74) is 2.83. The van der Waals surface area contributed by atoms with Crippen molar-refractivity contribution < 1.29 is 0 Å². The van der Waals surface area contributed by atoms with Crippen LogP contribution in [-0.2, 0) is 12.8 Å². The molecule has 1 N–H and O–H groups in total. The van der Waals surface area contributed by atoms with Gasteiger partial charge in [-0.25, -0.2) is 4.98 Å². The number of aromatic nitrogens is 1. The van der Waals surface area contributed by atoms with E-state index in [1.54, 1.807) is 0 Å². The van der Waals surface area contributed by atoms with Crippen LogP contribution in [0.15, 0.2) is 12.1 Å². The van der Waals surface area contributed by atoms with Crippen molar-refractivity contribution in [3.63, 3.8) is 0 Å². The molecule has 2 aliphatic rings. The Hall–Kier alpha value is -1.09. The van der Waals surface area contributed by atoms with Crippen molar-refractivity contribution in [3.8, 4) is 0 Å². The zero-order valence-corrected chi connectivity index (χ0v) is 13.6. The molecule has 1 atom stereocenters. The van der Waals surface area contributed by atoms with Gasteiger partial charge in [-0.15, -0.1) is 0 Å².